The molecule has 0 aromatic heterocycles. The summed E-state index contributed by atoms with van der Waals surface area (Å²) in [5.74, 6) is 0. The molecule has 0 radical (unpaired) electrons. The van der Waals surface area contributed by atoms with Crippen LogP contribution in [-0.2, 0) is 0 Å². The Morgan fingerprint density at radius 3 is 1.83 bits per heavy atom. The van der Waals surface area contributed by atoms with Gasteiger partial charge in [0.25, 0.3) is 0 Å². The molecule has 1 rings (SSSR count). The Hall–Kier alpha value is -1.26. The van der Waals surface area contributed by atoms with E-state index in [0.717, 1.165) is 4.90 Å². The molecule has 1 aliphatic heterocycles. The Bertz CT molecular complexity index is 203. The van der Waals surface area contributed by atoms with Gasteiger partial charge in [-0.15, -0.1) is 0 Å². The van der Waals surface area contributed by atoms with E-state index in [9.17, 15) is 9.59 Å². The number of hydrogen-bond donors (Lipinski definition) is 2. The number of amides is 4. The Kier molecular flexibility index (Phi) is 1.95. The van der Waals surface area contributed by atoms with E-state index >= 15 is 0 Å². The van der Waals surface area contributed by atoms with Crippen molar-refractivity contribution in [1.82, 2.24) is 15.5 Å². The zero-order chi connectivity index (χ0) is 9.35. The van der Waals surface area contributed by atoms with Crippen LogP contribution in [0.3, 0.4) is 0 Å². The molecule has 1 aliphatic rings. The summed E-state index contributed by atoms with van der Waals surface area (Å²) in [5.41, 5.74) is -0.478. The summed E-state index contributed by atoms with van der Waals surface area (Å²) in [7, 11) is 0. The van der Waals surface area contributed by atoms with Crippen LogP contribution in [-0.4, -0.2) is 29.2 Å². The van der Waals surface area contributed by atoms with E-state index in [0.29, 0.717) is 0 Å². The molecule has 0 bridgehead atoms. The molecule has 12 heavy (non-hydrogen) atoms. The topological polar surface area (TPSA) is 61.4 Å². The fraction of sp³-hybridized carbons (Fsp3) is 0.714. The zero-order valence-electron chi connectivity index (χ0n) is 7.47. The third-order valence-corrected chi connectivity index (χ3v) is 1.56. The largest absolute Gasteiger partial charge is 0.327 e. The molecule has 0 unspecified atom stereocenters. The number of hydrogen-bond acceptors (Lipinski definition) is 2. The first kappa shape index (κ1) is 8.83. The summed E-state index contributed by atoms with van der Waals surface area (Å²) in [5, 5.41) is 5.05. The van der Waals surface area contributed by atoms with Gasteiger partial charge in [0.1, 0.15) is 0 Å². The van der Waals surface area contributed by atoms with E-state index in [-0.39, 0.29) is 18.7 Å². The van der Waals surface area contributed by atoms with Crippen molar-refractivity contribution in [3.05, 3.63) is 0 Å². The molecule has 1 heterocycles. The summed E-state index contributed by atoms with van der Waals surface area (Å²) in [6, 6.07) is -0.683. The van der Waals surface area contributed by atoms with Crippen LogP contribution in [0.2, 0.25) is 0 Å². The lowest BCUT2D eigenvalue weighted by Gasteiger charge is -2.36. The van der Waals surface area contributed by atoms with Gasteiger partial charge in [0.2, 0.25) is 0 Å². The van der Waals surface area contributed by atoms with Crippen LogP contribution in [0.5, 0.6) is 0 Å². The minimum atomic E-state index is -0.478. The highest BCUT2D eigenvalue weighted by molar-refractivity contribution is 5.96. The normalized spacial score (nSPS) is 18.8. The van der Waals surface area contributed by atoms with Gasteiger partial charge >= 0.3 is 12.1 Å². The molecule has 0 spiro atoms. The maximum Gasteiger partial charge on any atom is 0.327 e. The predicted molar refractivity (Wildman–Crippen MR) is 43.5 cm³/mol. The summed E-state index contributed by atoms with van der Waals surface area (Å²) in [4.78, 5) is 23.6. The van der Waals surface area contributed by atoms with Crippen molar-refractivity contribution < 1.29 is 9.59 Å². The minimum absolute atomic E-state index is 0.213. The third kappa shape index (κ3) is 1.49. The van der Waals surface area contributed by atoms with Crippen LogP contribution in [0.25, 0.3) is 0 Å². The molecule has 5 nitrogen and oxygen atoms in total. The molecule has 4 amide bonds. The van der Waals surface area contributed by atoms with Gasteiger partial charge in [-0.3, -0.25) is 0 Å². The summed E-state index contributed by atoms with van der Waals surface area (Å²) in [6.07, 6.45) is 0. The van der Waals surface area contributed by atoms with Crippen molar-refractivity contribution in [2.45, 2.75) is 26.3 Å². The van der Waals surface area contributed by atoms with Crippen molar-refractivity contribution in [2.24, 2.45) is 0 Å². The van der Waals surface area contributed by atoms with Gasteiger partial charge in [0, 0.05) is 5.54 Å². The van der Waals surface area contributed by atoms with E-state index in [4.69, 9.17) is 0 Å². The first-order valence-corrected chi connectivity index (χ1v) is 3.79. The Labute approximate surface area is 71.1 Å². The number of carbonyl (C=O) groups excluding carboxylic acids is 2. The average molecular weight is 171 g/mol. The Balaban J connectivity index is 2.84. The molecule has 5 heteroatoms. The van der Waals surface area contributed by atoms with Crippen LogP contribution in [0.4, 0.5) is 9.59 Å². The third-order valence-electron chi connectivity index (χ3n) is 1.56. The maximum atomic E-state index is 11.2. The van der Waals surface area contributed by atoms with Crippen LogP contribution >= 0.6 is 0 Å². The quantitative estimate of drug-likeness (QED) is 0.556. The number of nitrogens with zero attached hydrogens (tertiary/aromatic N) is 1. The predicted octanol–water partition coefficient (Wildman–Crippen LogP) is 0.477. The number of rotatable bonds is 0. The van der Waals surface area contributed by atoms with Crippen molar-refractivity contribution in [3.63, 3.8) is 0 Å². The zero-order valence-corrected chi connectivity index (χ0v) is 7.47. The SMILES string of the molecule is CC(C)(C)N1C(=O)NCNC1=O. The molecule has 0 aromatic rings. The molecular formula is C7H13N3O2. The lowest BCUT2D eigenvalue weighted by atomic mass is 10.1. The standard InChI is InChI=1S/C7H13N3O2/c1-7(2,3)10-5(11)8-4-9-6(10)12/h4H2,1-3H3,(H,8,11)(H,9,12). The summed E-state index contributed by atoms with van der Waals surface area (Å²) < 4.78 is 0. The van der Waals surface area contributed by atoms with Gasteiger partial charge in [-0.1, -0.05) is 0 Å². The first-order valence-electron chi connectivity index (χ1n) is 3.79. The molecule has 0 aromatic carbocycles. The molecule has 0 aliphatic carbocycles. The van der Waals surface area contributed by atoms with Crippen molar-refractivity contribution in [2.75, 3.05) is 6.67 Å². The highest BCUT2D eigenvalue weighted by Crippen LogP contribution is 2.14. The van der Waals surface area contributed by atoms with E-state index in [2.05, 4.69) is 10.6 Å². The fourth-order valence-corrected chi connectivity index (χ4v) is 1.06. The lowest BCUT2D eigenvalue weighted by molar-refractivity contribution is 0.138. The lowest BCUT2D eigenvalue weighted by Crippen LogP contribution is -2.63. The molecule has 2 N–H and O–H groups in total. The van der Waals surface area contributed by atoms with E-state index in [1.807, 2.05) is 0 Å². The molecule has 1 fully saturated rings. The highest BCUT2D eigenvalue weighted by Gasteiger charge is 2.34. The number of carbonyl (C=O) groups is 2. The van der Waals surface area contributed by atoms with E-state index in [1.54, 1.807) is 20.8 Å². The van der Waals surface area contributed by atoms with Gasteiger partial charge in [0.05, 0.1) is 6.67 Å². The number of imide groups is 1. The van der Waals surface area contributed by atoms with E-state index < -0.39 is 5.54 Å². The van der Waals surface area contributed by atoms with Gasteiger partial charge in [-0.05, 0) is 20.8 Å². The van der Waals surface area contributed by atoms with Crippen molar-refractivity contribution >= 4 is 12.1 Å². The second kappa shape index (κ2) is 2.66. The summed E-state index contributed by atoms with van der Waals surface area (Å²) >= 11 is 0. The Morgan fingerprint density at radius 2 is 1.58 bits per heavy atom. The van der Waals surface area contributed by atoms with Gasteiger partial charge in [-0.2, -0.15) is 0 Å². The molecule has 0 atom stereocenters. The Morgan fingerprint density at radius 1 is 1.17 bits per heavy atom. The van der Waals surface area contributed by atoms with Crippen LogP contribution in [0, 0.1) is 0 Å². The molecule has 68 valence electrons. The molecular weight excluding hydrogens is 158 g/mol. The van der Waals surface area contributed by atoms with Crippen LogP contribution < -0.4 is 10.6 Å². The summed E-state index contributed by atoms with van der Waals surface area (Å²) in [6.45, 7) is 5.62. The monoisotopic (exact) mass is 171 g/mol. The van der Waals surface area contributed by atoms with Crippen molar-refractivity contribution in [1.29, 1.82) is 0 Å². The van der Waals surface area contributed by atoms with Crippen LogP contribution in [0.15, 0.2) is 0 Å². The van der Waals surface area contributed by atoms with Crippen LogP contribution in [0.1, 0.15) is 20.8 Å². The highest BCUT2D eigenvalue weighted by atomic mass is 16.2. The van der Waals surface area contributed by atoms with Gasteiger partial charge in [0.15, 0.2) is 0 Å². The number of nitrogens with one attached hydrogen (secondary N) is 2. The van der Waals surface area contributed by atoms with Gasteiger partial charge in [-0.25, -0.2) is 14.5 Å². The smallest absolute Gasteiger partial charge is 0.320 e. The average Bonchev–Trinajstić information content (AvgIpc) is 1.82. The first-order chi connectivity index (χ1) is 5.43. The molecule has 0 saturated carbocycles. The second-order valence-electron chi connectivity index (χ2n) is 3.65. The van der Waals surface area contributed by atoms with E-state index in [1.165, 1.54) is 0 Å². The second-order valence-corrected chi connectivity index (χ2v) is 3.65. The number of urea groups is 2. The molecule has 1 saturated heterocycles. The minimum Gasteiger partial charge on any atom is -0.320 e. The van der Waals surface area contributed by atoms with Gasteiger partial charge < -0.3 is 10.6 Å². The maximum absolute atomic E-state index is 11.2. The van der Waals surface area contributed by atoms with Crippen molar-refractivity contribution in [3.8, 4) is 0 Å². The fourth-order valence-electron chi connectivity index (χ4n) is 1.06.